The molecule has 1 heterocycles. The minimum atomic E-state index is 0.00282. The van der Waals surface area contributed by atoms with E-state index >= 15 is 0 Å². The summed E-state index contributed by atoms with van der Waals surface area (Å²) in [5.74, 6) is 0.548. The van der Waals surface area contributed by atoms with Gasteiger partial charge in [0.25, 0.3) is 5.91 Å². The lowest BCUT2D eigenvalue weighted by Crippen LogP contribution is -2.32. The van der Waals surface area contributed by atoms with Crippen LogP contribution in [0.25, 0.3) is 0 Å². The zero-order valence-electron chi connectivity index (χ0n) is 11.4. The van der Waals surface area contributed by atoms with Crippen LogP contribution in [0.3, 0.4) is 0 Å². The largest absolute Gasteiger partial charge is 0.385 e. The van der Waals surface area contributed by atoms with Gasteiger partial charge in [0.2, 0.25) is 0 Å². The number of hydrogen-bond acceptors (Lipinski definition) is 3. The van der Waals surface area contributed by atoms with Crippen LogP contribution in [0.1, 0.15) is 30.1 Å². The molecule has 1 aliphatic heterocycles. The van der Waals surface area contributed by atoms with Gasteiger partial charge in [0, 0.05) is 32.0 Å². The van der Waals surface area contributed by atoms with E-state index in [0.717, 1.165) is 50.4 Å². The van der Waals surface area contributed by atoms with Gasteiger partial charge in [-0.25, -0.2) is 0 Å². The molecule has 1 saturated heterocycles. The molecule has 1 fully saturated rings. The molecule has 0 saturated carbocycles. The minimum absolute atomic E-state index is 0.00282. The van der Waals surface area contributed by atoms with Crippen LogP contribution >= 0.6 is 0 Å². The van der Waals surface area contributed by atoms with Gasteiger partial charge in [0.1, 0.15) is 0 Å². The Morgan fingerprint density at radius 1 is 1.32 bits per heavy atom. The first-order valence-electron chi connectivity index (χ1n) is 7.00. The van der Waals surface area contributed by atoms with Gasteiger partial charge in [-0.1, -0.05) is 12.1 Å². The minimum Gasteiger partial charge on any atom is -0.385 e. The fourth-order valence-electron chi connectivity index (χ4n) is 2.31. The zero-order valence-corrected chi connectivity index (χ0v) is 11.4. The first-order valence-corrected chi connectivity index (χ1v) is 7.00. The van der Waals surface area contributed by atoms with Crippen molar-refractivity contribution in [1.29, 1.82) is 0 Å². The van der Waals surface area contributed by atoms with Crippen LogP contribution in [0.4, 0.5) is 5.69 Å². The maximum Gasteiger partial charge on any atom is 0.253 e. The van der Waals surface area contributed by atoms with E-state index in [2.05, 4.69) is 10.6 Å². The third-order valence-electron chi connectivity index (χ3n) is 3.43. The van der Waals surface area contributed by atoms with Crippen molar-refractivity contribution >= 4 is 11.6 Å². The van der Waals surface area contributed by atoms with E-state index < -0.39 is 0 Å². The number of para-hydroxylation sites is 1. The van der Waals surface area contributed by atoms with Gasteiger partial charge in [-0.3, -0.25) is 4.79 Å². The van der Waals surface area contributed by atoms with Crippen molar-refractivity contribution in [3.8, 4) is 0 Å². The van der Waals surface area contributed by atoms with Crippen molar-refractivity contribution in [2.24, 2.45) is 5.92 Å². The summed E-state index contributed by atoms with van der Waals surface area (Å²) in [5.41, 5.74) is 1.62. The molecule has 0 spiro atoms. The highest BCUT2D eigenvalue weighted by Crippen LogP contribution is 2.16. The number of nitrogens with one attached hydrogen (secondary N) is 2. The van der Waals surface area contributed by atoms with Gasteiger partial charge in [-0.05, 0) is 37.8 Å². The number of amides is 1. The quantitative estimate of drug-likeness (QED) is 0.856. The summed E-state index contributed by atoms with van der Waals surface area (Å²) in [6.07, 6.45) is 2.07. The van der Waals surface area contributed by atoms with E-state index in [-0.39, 0.29) is 5.91 Å². The Morgan fingerprint density at radius 3 is 2.79 bits per heavy atom. The maximum atomic E-state index is 12.2. The van der Waals surface area contributed by atoms with Crippen LogP contribution in [0.2, 0.25) is 0 Å². The molecular weight excluding hydrogens is 240 g/mol. The highest BCUT2D eigenvalue weighted by Gasteiger charge is 2.16. The highest BCUT2D eigenvalue weighted by atomic mass is 16.5. The number of ether oxygens (including phenoxy) is 1. The number of carbonyl (C=O) groups is 1. The lowest BCUT2D eigenvalue weighted by Gasteiger charge is -2.22. The highest BCUT2D eigenvalue weighted by molar-refractivity contribution is 5.99. The van der Waals surface area contributed by atoms with Crippen LogP contribution < -0.4 is 10.6 Å². The summed E-state index contributed by atoms with van der Waals surface area (Å²) in [5, 5.41) is 6.25. The van der Waals surface area contributed by atoms with Gasteiger partial charge in [-0.2, -0.15) is 0 Å². The Morgan fingerprint density at radius 2 is 2.05 bits per heavy atom. The van der Waals surface area contributed by atoms with Gasteiger partial charge in [0.15, 0.2) is 0 Å². The van der Waals surface area contributed by atoms with Crippen molar-refractivity contribution in [2.75, 3.05) is 31.6 Å². The molecule has 2 rings (SSSR count). The second-order valence-electron chi connectivity index (χ2n) is 4.84. The van der Waals surface area contributed by atoms with E-state index in [0.29, 0.717) is 5.92 Å². The molecule has 0 aliphatic carbocycles. The smallest absolute Gasteiger partial charge is 0.253 e. The first kappa shape index (κ1) is 13.9. The van der Waals surface area contributed by atoms with Gasteiger partial charge in [0.05, 0.1) is 5.56 Å². The average molecular weight is 262 g/mol. The number of benzene rings is 1. The predicted molar refractivity (Wildman–Crippen MR) is 76.5 cm³/mol. The van der Waals surface area contributed by atoms with Gasteiger partial charge >= 0.3 is 0 Å². The van der Waals surface area contributed by atoms with Crippen molar-refractivity contribution in [2.45, 2.75) is 19.8 Å². The van der Waals surface area contributed by atoms with E-state index in [1.54, 1.807) is 0 Å². The fourth-order valence-corrected chi connectivity index (χ4v) is 2.31. The standard InChI is InChI=1S/C15H22N2O2/c1-2-16-14-6-4-3-5-13(14)15(18)17-11-12-7-9-19-10-8-12/h3-6,12,16H,2,7-11H2,1H3,(H,17,18). The summed E-state index contributed by atoms with van der Waals surface area (Å²) >= 11 is 0. The summed E-state index contributed by atoms with van der Waals surface area (Å²) in [7, 11) is 0. The van der Waals surface area contributed by atoms with Crippen molar-refractivity contribution < 1.29 is 9.53 Å². The molecule has 19 heavy (non-hydrogen) atoms. The molecule has 0 atom stereocenters. The molecule has 0 unspecified atom stereocenters. The third kappa shape index (κ3) is 3.96. The summed E-state index contributed by atoms with van der Waals surface area (Å²) in [6.45, 7) is 5.20. The average Bonchev–Trinajstić information content (AvgIpc) is 2.47. The summed E-state index contributed by atoms with van der Waals surface area (Å²) in [4.78, 5) is 12.2. The molecule has 104 valence electrons. The van der Waals surface area contributed by atoms with Crippen LogP contribution in [0.5, 0.6) is 0 Å². The number of carbonyl (C=O) groups excluding carboxylic acids is 1. The fraction of sp³-hybridized carbons (Fsp3) is 0.533. The normalized spacial score (nSPS) is 16.1. The van der Waals surface area contributed by atoms with Crippen molar-refractivity contribution in [3.05, 3.63) is 29.8 Å². The Kier molecular flexibility index (Phi) is 5.21. The van der Waals surface area contributed by atoms with Crippen LogP contribution in [-0.4, -0.2) is 32.2 Å². The Hall–Kier alpha value is -1.55. The molecule has 0 radical (unpaired) electrons. The number of rotatable bonds is 5. The van der Waals surface area contributed by atoms with Crippen LogP contribution in [-0.2, 0) is 4.74 Å². The molecule has 0 aromatic heterocycles. The first-order chi connectivity index (χ1) is 9.31. The lowest BCUT2D eigenvalue weighted by molar-refractivity contribution is 0.0643. The van der Waals surface area contributed by atoms with E-state index in [1.165, 1.54) is 0 Å². The Labute approximate surface area is 114 Å². The number of anilines is 1. The molecule has 1 aliphatic rings. The third-order valence-corrected chi connectivity index (χ3v) is 3.43. The van der Waals surface area contributed by atoms with Crippen LogP contribution in [0.15, 0.2) is 24.3 Å². The second-order valence-corrected chi connectivity index (χ2v) is 4.84. The molecule has 4 nitrogen and oxygen atoms in total. The topological polar surface area (TPSA) is 50.4 Å². The molecule has 1 aromatic carbocycles. The van der Waals surface area contributed by atoms with Crippen molar-refractivity contribution in [3.63, 3.8) is 0 Å². The molecule has 0 bridgehead atoms. The van der Waals surface area contributed by atoms with E-state index in [9.17, 15) is 4.79 Å². The molecule has 1 amide bonds. The molecule has 4 heteroatoms. The predicted octanol–water partition coefficient (Wildman–Crippen LogP) is 2.27. The second kappa shape index (κ2) is 7.14. The molecular formula is C15H22N2O2. The van der Waals surface area contributed by atoms with E-state index in [4.69, 9.17) is 4.74 Å². The van der Waals surface area contributed by atoms with E-state index in [1.807, 2.05) is 31.2 Å². The van der Waals surface area contributed by atoms with Crippen molar-refractivity contribution in [1.82, 2.24) is 5.32 Å². The molecule has 2 N–H and O–H groups in total. The monoisotopic (exact) mass is 262 g/mol. The maximum absolute atomic E-state index is 12.2. The Bertz CT molecular complexity index is 414. The SMILES string of the molecule is CCNc1ccccc1C(=O)NCC1CCOCC1. The lowest BCUT2D eigenvalue weighted by atomic mass is 10.0. The summed E-state index contributed by atoms with van der Waals surface area (Å²) < 4.78 is 5.32. The summed E-state index contributed by atoms with van der Waals surface area (Å²) in [6, 6.07) is 7.63. The zero-order chi connectivity index (χ0) is 13.5. The Balaban J connectivity index is 1.91. The number of hydrogen-bond donors (Lipinski definition) is 2. The van der Waals surface area contributed by atoms with Crippen LogP contribution in [0, 0.1) is 5.92 Å². The van der Waals surface area contributed by atoms with Gasteiger partial charge < -0.3 is 15.4 Å². The van der Waals surface area contributed by atoms with Gasteiger partial charge in [-0.15, -0.1) is 0 Å². The molecule has 1 aromatic rings.